The molecular weight excluding hydrogens is 332 g/mol. The van der Waals surface area contributed by atoms with Crippen molar-refractivity contribution in [3.05, 3.63) is 23.3 Å². The summed E-state index contributed by atoms with van der Waals surface area (Å²) in [6.07, 6.45) is 4.56. The summed E-state index contributed by atoms with van der Waals surface area (Å²) in [6.45, 7) is 8.37. The average Bonchev–Trinajstić information content (AvgIpc) is 2.59. The maximum Gasteiger partial charge on any atom is 0.161 e. The lowest BCUT2D eigenvalue weighted by Crippen LogP contribution is -2.59. The van der Waals surface area contributed by atoms with E-state index in [-0.39, 0.29) is 16.3 Å². The summed E-state index contributed by atoms with van der Waals surface area (Å²) < 4.78 is 5.08. The van der Waals surface area contributed by atoms with Gasteiger partial charge in [-0.15, -0.1) is 0 Å². The fraction of sp³-hybridized carbons (Fsp3) is 0.667. The molecule has 1 aromatic rings. The summed E-state index contributed by atoms with van der Waals surface area (Å²) in [7, 11) is 1.57. The number of carbonyl (C=O) groups is 1. The minimum Gasteiger partial charge on any atom is -0.504 e. The third-order valence-corrected chi connectivity index (χ3v) is 7.15. The molecule has 3 atom stereocenters. The summed E-state index contributed by atoms with van der Waals surface area (Å²) in [5, 5.41) is 10.9. The van der Waals surface area contributed by atoms with Crippen LogP contribution in [0.3, 0.4) is 0 Å². The van der Waals surface area contributed by atoms with E-state index in [1.54, 1.807) is 7.11 Å². The zero-order chi connectivity index (χ0) is 18.8. The molecule has 0 radical (unpaired) electrons. The van der Waals surface area contributed by atoms with Gasteiger partial charge in [-0.3, -0.25) is 4.79 Å². The molecule has 1 N–H and O–H groups in total. The number of aromatic hydroxyl groups is 1. The number of ketones is 1. The zero-order valence-corrected chi connectivity index (χ0v) is 17.1. The molecule has 0 spiro atoms. The summed E-state index contributed by atoms with van der Waals surface area (Å²) in [6, 6.07) is 3.88. The Hall–Kier alpha value is -1.16. The number of phenolic OH excluding ortho intramolecular Hbond substituents is 1. The molecule has 0 aromatic heterocycles. The molecule has 3 nitrogen and oxygen atoms in total. The van der Waals surface area contributed by atoms with Gasteiger partial charge in [-0.05, 0) is 36.8 Å². The Balaban J connectivity index is 0.00000109. The van der Waals surface area contributed by atoms with E-state index in [0.717, 1.165) is 36.8 Å². The zero-order valence-electron chi connectivity index (χ0n) is 16.2. The molecule has 0 aliphatic heterocycles. The van der Waals surface area contributed by atoms with Crippen molar-refractivity contribution in [2.75, 3.05) is 7.11 Å². The lowest BCUT2D eigenvalue weighted by Gasteiger charge is -2.58. The predicted octanol–water partition coefficient (Wildman–Crippen LogP) is 5.08. The highest BCUT2D eigenvalue weighted by molar-refractivity contribution is 7.82. The number of Topliss-reactive ketones (excluding diaryl/α,β-unsaturated/α-hetero) is 1. The number of carbonyl (C=O) groups excluding carboxylic acids is 1. The molecular formula is C21H32O3S. The van der Waals surface area contributed by atoms with Gasteiger partial charge in [0.25, 0.3) is 0 Å². The largest absolute Gasteiger partial charge is 0.504 e. The van der Waals surface area contributed by atoms with Gasteiger partial charge in [-0.2, -0.15) is 12.6 Å². The summed E-state index contributed by atoms with van der Waals surface area (Å²) in [5.74, 6) is 1.34. The Morgan fingerprint density at radius 2 is 2.04 bits per heavy atom. The minimum absolute atomic E-state index is 0.207. The first-order valence-corrected chi connectivity index (χ1v) is 9.97. The van der Waals surface area contributed by atoms with Gasteiger partial charge >= 0.3 is 0 Å². The highest BCUT2D eigenvalue weighted by atomic mass is 32.1. The number of hydrogen-bond donors (Lipinski definition) is 2. The van der Waals surface area contributed by atoms with Crippen LogP contribution in [0.15, 0.2) is 12.1 Å². The second-order valence-electron chi connectivity index (χ2n) is 7.23. The number of thiol groups is 1. The molecule has 1 fully saturated rings. The Labute approximate surface area is 157 Å². The van der Waals surface area contributed by atoms with Crippen LogP contribution in [0.5, 0.6) is 11.5 Å². The van der Waals surface area contributed by atoms with E-state index in [0.29, 0.717) is 24.5 Å². The number of hydrogen-bond acceptors (Lipinski definition) is 4. The summed E-state index contributed by atoms with van der Waals surface area (Å²) in [5.41, 5.74) is 1.66. The van der Waals surface area contributed by atoms with Crippen molar-refractivity contribution >= 4 is 18.4 Å². The quantitative estimate of drug-likeness (QED) is 0.735. The highest BCUT2D eigenvalue weighted by Gasteiger charge is 2.59. The number of benzene rings is 1. The molecule has 2 aliphatic carbocycles. The molecule has 25 heavy (non-hydrogen) atoms. The van der Waals surface area contributed by atoms with Gasteiger partial charge in [0.15, 0.2) is 11.5 Å². The van der Waals surface area contributed by atoms with E-state index in [1.807, 2.05) is 26.0 Å². The van der Waals surface area contributed by atoms with Crippen LogP contribution >= 0.6 is 12.6 Å². The van der Waals surface area contributed by atoms with Crippen LogP contribution in [0.25, 0.3) is 0 Å². The highest BCUT2D eigenvalue weighted by Crippen LogP contribution is 2.62. The summed E-state index contributed by atoms with van der Waals surface area (Å²) in [4.78, 5) is 12.4. The first-order chi connectivity index (χ1) is 11.9. The lowest BCUT2D eigenvalue weighted by molar-refractivity contribution is -0.123. The molecule has 3 rings (SSSR count). The number of ether oxygens (including phenoxy) is 1. The average molecular weight is 365 g/mol. The van der Waals surface area contributed by atoms with Crippen LogP contribution in [0.4, 0.5) is 0 Å². The standard InChI is InChI=1S/C19H26O3S.C2H6/c1-4-8-18-11-14(20)7-9-19(18,23)12(2)10-13-5-6-15(22-3)17(21)16(13)18;1-2/h5-6,12,21,23H,4,7-11H2,1-3H3;1-2H3/t12-,18-,19-;/m1./s1. The van der Waals surface area contributed by atoms with E-state index < -0.39 is 5.41 Å². The van der Waals surface area contributed by atoms with Crippen LogP contribution in [-0.2, 0) is 16.6 Å². The molecule has 0 unspecified atom stereocenters. The van der Waals surface area contributed by atoms with Crippen molar-refractivity contribution in [2.45, 2.75) is 76.4 Å². The minimum atomic E-state index is -0.397. The van der Waals surface area contributed by atoms with Crippen molar-refractivity contribution in [1.29, 1.82) is 0 Å². The monoisotopic (exact) mass is 364 g/mol. The number of fused-ring (bicyclic) bond motifs is 3. The second-order valence-corrected chi connectivity index (χ2v) is 8.03. The van der Waals surface area contributed by atoms with Crippen LogP contribution in [0.1, 0.15) is 70.9 Å². The van der Waals surface area contributed by atoms with Crippen LogP contribution in [-0.4, -0.2) is 22.7 Å². The molecule has 2 aliphatic rings. The van der Waals surface area contributed by atoms with E-state index in [1.165, 1.54) is 0 Å². The van der Waals surface area contributed by atoms with Crippen molar-refractivity contribution in [1.82, 2.24) is 0 Å². The van der Waals surface area contributed by atoms with Gasteiger partial charge in [0.1, 0.15) is 5.78 Å². The van der Waals surface area contributed by atoms with Crippen LogP contribution < -0.4 is 4.74 Å². The second kappa shape index (κ2) is 7.61. The lowest BCUT2D eigenvalue weighted by atomic mass is 9.51. The Kier molecular flexibility index (Phi) is 6.13. The van der Waals surface area contributed by atoms with Gasteiger partial charge in [0, 0.05) is 28.6 Å². The Bertz CT molecular complexity index is 642. The molecule has 140 valence electrons. The Morgan fingerprint density at radius 3 is 2.64 bits per heavy atom. The first kappa shape index (κ1) is 20.2. The first-order valence-electron chi connectivity index (χ1n) is 9.53. The normalized spacial score (nSPS) is 30.6. The van der Waals surface area contributed by atoms with Crippen molar-refractivity contribution in [2.24, 2.45) is 5.92 Å². The van der Waals surface area contributed by atoms with Crippen molar-refractivity contribution in [3.8, 4) is 11.5 Å². The third kappa shape index (κ3) is 2.97. The molecule has 1 saturated carbocycles. The SMILES string of the molecule is CC.CCC[C@]12CC(=O)CC[C@@]1(S)[C@H](C)Cc1ccc(OC)c(O)c12. The van der Waals surface area contributed by atoms with Gasteiger partial charge in [-0.1, -0.05) is 40.2 Å². The van der Waals surface area contributed by atoms with E-state index in [2.05, 4.69) is 13.8 Å². The molecule has 1 aromatic carbocycles. The maximum absolute atomic E-state index is 12.4. The molecule has 0 saturated heterocycles. The number of rotatable bonds is 3. The van der Waals surface area contributed by atoms with Crippen LogP contribution in [0.2, 0.25) is 0 Å². The van der Waals surface area contributed by atoms with Crippen molar-refractivity contribution < 1.29 is 14.6 Å². The maximum atomic E-state index is 12.4. The molecule has 0 bridgehead atoms. The van der Waals surface area contributed by atoms with Crippen molar-refractivity contribution in [3.63, 3.8) is 0 Å². The Morgan fingerprint density at radius 1 is 1.36 bits per heavy atom. The van der Waals surface area contributed by atoms with Gasteiger partial charge in [0.2, 0.25) is 0 Å². The fourth-order valence-electron chi connectivity index (χ4n) is 5.01. The molecule has 4 heteroatoms. The van der Waals surface area contributed by atoms with Gasteiger partial charge in [-0.25, -0.2) is 0 Å². The van der Waals surface area contributed by atoms with Crippen LogP contribution in [0, 0.1) is 5.92 Å². The number of phenols is 1. The topological polar surface area (TPSA) is 46.5 Å². The van der Waals surface area contributed by atoms with Gasteiger partial charge in [0.05, 0.1) is 7.11 Å². The van der Waals surface area contributed by atoms with E-state index >= 15 is 0 Å². The van der Waals surface area contributed by atoms with E-state index in [9.17, 15) is 9.90 Å². The molecule has 0 amide bonds. The van der Waals surface area contributed by atoms with Gasteiger partial charge < -0.3 is 9.84 Å². The third-order valence-electron chi connectivity index (χ3n) is 6.06. The smallest absolute Gasteiger partial charge is 0.161 e. The van der Waals surface area contributed by atoms with E-state index in [4.69, 9.17) is 17.4 Å². The number of methoxy groups -OCH3 is 1. The molecule has 0 heterocycles. The fourth-order valence-corrected chi connectivity index (χ4v) is 5.51. The summed E-state index contributed by atoms with van der Waals surface area (Å²) >= 11 is 5.16. The predicted molar refractivity (Wildman–Crippen MR) is 106 cm³/mol.